The number of hydrogen-bond acceptors (Lipinski definition) is 3. The number of halogens is 1. The Bertz CT molecular complexity index is 371. The molecule has 0 radical (unpaired) electrons. The predicted molar refractivity (Wildman–Crippen MR) is 86.4 cm³/mol. The maximum absolute atomic E-state index is 6.43. The molecule has 0 bridgehead atoms. The molecule has 0 aromatic carbocycles. The highest BCUT2D eigenvalue weighted by Crippen LogP contribution is 2.22. The van der Waals surface area contributed by atoms with Crippen molar-refractivity contribution in [3.63, 3.8) is 0 Å². The van der Waals surface area contributed by atoms with E-state index >= 15 is 0 Å². The number of nitrogens with one attached hydrogen (secondary N) is 1. The van der Waals surface area contributed by atoms with Crippen LogP contribution in [0, 0.1) is 0 Å². The fourth-order valence-corrected chi connectivity index (χ4v) is 3.05. The third-order valence-corrected chi connectivity index (χ3v) is 4.38. The van der Waals surface area contributed by atoms with Crippen LogP contribution < -0.4 is 5.32 Å². The van der Waals surface area contributed by atoms with Gasteiger partial charge in [-0.05, 0) is 37.8 Å². The van der Waals surface area contributed by atoms with E-state index in [-0.39, 0.29) is 0 Å². The average Bonchev–Trinajstić information content (AvgIpc) is 2.68. The van der Waals surface area contributed by atoms with E-state index in [2.05, 4.69) is 30.5 Å². The SMILES string of the molecule is CCCNC(CCSC)Cc1c(Cl)c(CC)nn1C. The van der Waals surface area contributed by atoms with Crippen molar-refractivity contribution in [2.45, 2.75) is 45.6 Å². The fourth-order valence-electron chi connectivity index (χ4n) is 2.16. The Labute approximate surface area is 126 Å². The first kappa shape index (κ1) is 16.9. The fraction of sp³-hybridized carbons (Fsp3) is 0.786. The first-order valence-electron chi connectivity index (χ1n) is 7.06. The number of aryl methyl sites for hydroxylation is 2. The number of thioether (sulfide) groups is 1. The molecule has 1 atom stereocenters. The summed E-state index contributed by atoms with van der Waals surface area (Å²) in [5.41, 5.74) is 2.17. The Morgan fingerprint density at radius 1 is 1.42 bits per heavy atom. The predicted octanol–water partition coefficient (Wildman–Crippen LogP) is 3.30. The molecule has 0 aliphatic rings. The summed E-state index contributed by atoms with van der Waals surface area (Å²) in [6.07, 6.45) is 6.34. The van der Waals surface area contributed by atoms with Gasteiger partial charge in [-0.2, -0.15) is 16.9 Å². The minimum atomic E-state index is 0.491. The van der Waals surface area contributed by atoms with E-state index in [9.17, 15) is 0 Å². The normalized spacial score (nSPS) is 12.9. The Hall–Kier alpha value is -0.190. The molecular formula is C14H26ClN3S. The summed E-state index contributed by atoms with van der Waals surface area (Å²) in [7, 11) is 1.99. The molecule has 1 N–H and O–H groups in total. The molecule has 1 aromatic heterocycles. The van der Waals surface area contributed by atoms with E-state index in [1.165, 1.54) is 12.2 Å². The average molecular weight is 304 g/mol. The molecule has 0 aliphatic carbocycles. The van der Waals surface area contributed by atoms with Gasteiger partial charge >= 0.3 is 0 Å². The van der Waals surface area contributed by atoms with Crippen molar-refractivity contribution in [3.8, 4) is 0 Å². The molecule has 0 aliphatic heterocycles. The highest BCUT2D eigenvalue weighted by molar-refractivity contribution is 7.98. The highest BCUT2D eigenvalue weighted by atomic mass is 35.5. The lowest BCUT2D eigenvalue weighted by atomic mass is 10.1. The molecule has 1 heterocycles. The summed E-state index contributed by atoms with van der Waals surface area (Å²) in [5, 5.41) is 8.97. The zero-order valence-corrected chi connectivity index (χ0v) is 14.1. The van der Waals surface area contributed by atoms with Crippen LogP contribution in [-0.2, 0) is 19.9 Å². The smallest absolute Gasteiger partial charge is 0.0850 e. The molecule has 1 unspecified atom stereocenters. The Morgan fingerprint density at radius 2 is 2.16 bits per heavy atom. The minimum absolute atomic E-state index is 0.491. The Morgan fingerprint density at radius 3 is 2.68 bits per heavy atom. The first-order chi connectivity index (χ1) is 9.13. The third kappa shape index (κ3) is 5.01. The van der Waals surface area contributed by atoms with Crippen LogP contribution in [0.4, 0.5) is 0 Å². The molecule has 0 spiro atoms. The van der Waals surface area contributed by atoms with E-state index in [1.54, 1.807) is 0 Å². The van der Waals surface area contributed by atoms with Crippen LogP contribution in [0.15, 0.2) is 0 Å². The van der Waals surface area contributed by atoms with Crippen molar-refractivity contribution in [3.05, 3.63) is 16.4 Å². The van der Waals surface area contributed by atoms with Crippen molar-refractivity contribution in [2.75, 3.05) is 18.6 Å². The summed E-state index contributed by atoms with van der Waals surface area (Å²) in [4.78, 5) is 0. The molecule has 0 saturated heterocycles. The van der Waals surface area contributed by atoms with Gasteiger partial charge in [0.2, 0.25) is 0 Å². The second-order valence-corrected chi connectivity index (χ2v) is 6.18. The standard InChI is InChI=1S/C14H26ClN3S/c1-5-8-16-11(7-9-19-4)10-13-14(15)12(6-2)17-18(13)3/h11,16H,5-10H2,1-4H3. The van der Waals surface area contributed by atoms with Gasteiger partial charge < -0.3 is 5.32 Å². The van der Waals surface area contributed by atoms with Crippen LogP contribution in [0.25, 0.3) is 0 Å². The van der Waals surface area contributed by atoms with Gasteiger partial charge in [-0.3, -0.25) is 4.68 Å². The molecule has 0 amide bonds. The topological polar surface area (TPSA) is 29.9 Å². The van der Waals surface area contributed by atoms with Crippen molar-refractivity contribution < 1.29 is 0 Å². The monoisotopic (exact) mass is 303 g/mol. The van der Waals surface area contributed by atoms with Crippen LogP contribution in [0.3, 0.4) is 0 Å². The molecule has 1 aromatic rings. The van der Waals surface area contributed by atoms with Crippen LogP contribution >= 0.6 is 23.4 Å². The summed E-state index contributed by atoms with van der Waals surface area (Å²) in [6.45, 7) is 5.36. The zero-order chi connectivity index (χ0) is 14.3. The quantitative estimate of drug-likeness (QED) is 0.759. The number of aromatic nitrogens is 2. The summed E-state index contributed by atoms with van der Waals surface area (Å²) < 4.78 is 1.95. The molecule has 0 saturated carbocycles. The van der Waals surface area contributed by atoms with Gasteiger partial charge in [0.1, 0.15) is 0 Å². The van der Waals surface area contributed by atoms with Gasteiger partial charge in [-0.25, -0.2) is 0 Å². The van der Waals surface area contributed by atoms with E-state index in [0.717, 1.165) is 42.2 Å². The molecule has 5 heteroatoms. The van der Waals surface area contributed by atoms with E-state index in [1.807, 2.05) is 23.5 Å². The molecule has 3 nitrogen and oxygen atoms in total. The first-order valence-corrected chi connectivity index (χ1v) is 8.83. The van der Waals surface area contributed by atoms with Gasteiger partial charge in [-0.15, -0.1) is 0 Å². The van der Waals surface area contributed by atoms with Crippen molar-refractivity contribution in [2.24, 2.45) is 7.05 Å². The zero-order valence-electron chi connectivity index (χ0n) is 12.5. The van der Waals surface area contributed by atoms with Crippen molar-refractivity contribution in [1.82, 2.24) is 15.1 Å². The summed E-state index contributed by atoms with van der Waals surface area (Å²) >= 11 is 8.32. The van der Waals surface area contributed by atoms with Gasteiger partial charge in [-0.1, -0.05) is 25.4 Å². The molecule has 110 valence electrons. The van der Waals surface area contributed by atoms with Gasteiger partial charge in [0.25, 0.3) is 0 Å². The van der Waals surface area contributed by atoms with E-state index in [4.69, 9.17) is 11.6 Å². The van der Waals surface area contributed by atoms with E-state index in [0.29, 0.717) is 6.04 Å². The largest absolute Gasteiger partial charge is 0.314 e. The molecule has 19 heavy (non-hydrogen) atoms. The second kappa shape index (κ2) is 8.88. The number of nitrogens with zero attached hydrogens (tertiary/aromatic N) is 2. The van der Waals surface area contributed by atoms with Crippen molar-refractivity contribution >= 4 is 23.4 Å². The number of rotatable bonds is 9. The summed E-state index contributed by atoms with van der Waals surface area (Å²) in [6, 6.07) is 0.491. The maximum atomic E-state index is 6.43. The molecule has 0 fully saturated rings. The lowest BCUT2D eigenvalue weighted by molar-refractivity contribution is 0.484. The lowest BCUT2D eigenvalue weighted by Crippen LogP contribution is -2.33. The minimum Gasteiger partial charge on any atom is -0.314 e. The van der Waals surface area contributed by atoms with Crippen LogP contribution in [0.2, 0.25) is 5.02 Å². The van der Waals surface area contributed by atoms with Crippen molar-refractivity contribution in [1.29, 1.82) is 0 Å². The Balaban J connectivity index is 2.73. The maximum Gasteiger partial charge on any atom is 0.0850 e. The molecule has 1 rings (SSSR count). The second-order valence-electron chi connectivity index (χ2n) is 4.82. The molecular weight excluding hydrogens is 278 g/mol. The van der Waals surface area contributed by atoms with E-state index < -0.39 is 0 Å². The highest BCUT2D eigenvalue weighted by Gasteiger charge is 2.17. The van der Waals surface area contributed by atoms with Crippen LogP contribution in [-0.4, -0.2) is 34.4 Å². The number of hydrogen-bond donors (Lipinski definition) is 1. The van der Waals surface area contributed by atoms with Gasteiger partial charge in [0.15, 0.2) is 0 Å². The lowest BCUT2D eigenvalue weighted by Gasteiger charge is -2.18. The summed E-state index contributed by atoms with van der Waals surface area (Å²) in [5.74, 6) is 1.18. The third-order valence-electron chi connectivity index (χ3n) is 3.30. The van der Waals surface area contributed by atoms with Crippen LogP contribution in [0.1, 0.15) is 38.1 Å². The Kier molecular flexibility index (Phi) is 7.88. The van der Waals surface area contributed by atoms with Gasteiger partial charge in [0.05, 0.1) is 16.4 Å². The van der Waals surface area contributed by atoms with Crippen LogP contribution in [0.5, 0.6) is 0 Å². The van der Waals surface area contributed by atoms with Gasteiger partial charge in [0, 0.05) is 19.5 Å².